The second kappa shape index (κ2) is 8.73. The van der Waals surface area contributed by atoms with E-state index in [0.29, 0.717) is 28.8 Å². The Labute approximate surface area is 159 Å². The number of halogens is 1. The van der Waals surface area contributed by atoms with Crippen LogP contribution in [0.5, 0.6) is 0 Å². The van der Waals surface area contributed by atoms with Crippen molar-refractivity contribution < 1.29 is 4.79 Å². The van der Waals surface area contributed by atoms with Gasteiger partial charge < -0.3 is 5.32 Å². The summed E-state index contributed by atoms with van der Waals surface area (Å²) in [6.45, 7) is 0.500. The topological polar surface area (TPSA) is 79.8 Å². The van der Waals surface area contributed by atoms with Gasteiger partial charge in [0.25, 0.3) is 0 Å². The predicted octanol–water partition coefficient (Wildman–Crippen LogP) is 3.20. The van der Waals surface area contributed by atoms with Crippen LogP contribution in [0.3, 0.4) is 0 Å². The van der Waals surface area contributed by atoms with E-state index < -0.39 is 0 Å². The van der Waals surface area contributed by atoms with Crippen LogP contribution in [0, 0.1) is 0 Å². The van der Waals surface area contributed by atoms with Crippen molar-refractivity contribution in [3.8, 4) is 0 Å². The third-order valence-corrected chi connectivity index (χ3v) is 4.88. The first-order valence-electron chi connectivity index (χ1n) is 7.99. The quantitative estimate of drug-likeness (QED) is 0.609. The molecule has 2 aromatic carbocycles. The molecule has 0 atom stereocenters. The molecular weight excluding hydrogens is 372 g/mol. The molecule has 8 heteroatoms. The maximum absolute atomic E-state index is 12.1. The summed E-state index contributed by atoms with van der Waals surface area (Å²) in [5.74, 6) is -0.0273. The summed E-state index contributed by atoms with van der Waals surface area (Å²) in [7, 11) is 0. The number of nitrogens with zero attached hydrogens (tertiary/aromatic N) is 2. The summed E-state index contributed by atoms with van der Waals surface area (Å²) in [5.41, 5.74) is 1.53. The lowest BCUT2D eigenvalue weighted by atomic mass is 10.1. The fourth-order valence-electron chi connectivity index (χ4n) is 2.36. The number of amides is 1. The Hall–Kier alpha value is -2.51. The van der Waals surface area contributed by atoms with Crippen molar-refractivity contribution in [1.29, 1.82) is 0 Å². The SMILES string of the molecule is O=C(CSc1n[nH]c(=O)n1CCc1ccccc1)Nc1ccc(Cl)cc1. The zero-order chi connectivity index (χ0) is 18.4. The molecule has 26 heavy (non-hydrogen) atoms. The number of aromatic amines is 1. The number of anilines is 1. The molecule has 6 nitrogen and oxygen atoms in total. The molecule has 1 heterocycles. The largest absolute Gasteiger partial charge is 0.343 e. The van der Waals surface area contributed by atoms with Gasteiger partial charge in [-0.05, 0) is 36.2 Å². The fraction of sp³-hybridized carbons (Fsp3) is 0.167. The van der Waals surface area contributed by atoms with Gasteiger partial charge in [-0.25, -0.2) is 9.89 Å². The Bertz CT molecular complexity index is 922. The van der Waals surface area contributed by atoms with Gasteiger partial charge in [-0.3, -0.25) is 9.36 Å². The highest BCUT2D eigenvalue weighted by Gasteiger charge is 2.11. The number of hydrogen-bond donors (Lipinski definition) is 2. The van der Waals surface area contributed by atoms with Crippen LogP contribution < -0.4 is 11.0 Å². The monoisotopic (exact) mass is 388 g/mol. The van der Waals surface area contributed by atoms with E-state index >= 15 is 0 Å². The van der Waals surface area contributed by atoms with Crippen LogP contribution in [0.4, 0.5) is 5.69 Å². The fourth-order valence-corrected chi connectivity index (χ4v) is 3.26. The number of H-pyrrole nitrogens is 1. The second-order valence-electron chi connectivity index (χ2n) is 5.54. The van der Waals surface area contributed by atoms with Gasteiger partial charge in [0.05, 0.1) is 5.75 Å². The van der Waals surface area contributed by atoms with Crippen molar-refractivity contribution >= 4 is 35.0 Å². The Morgan fingerprint density at radius 1 is 1.15 bits per heavy atom. The molecule has 0 saturated carbocycles. The van der Waals surface area contributed by atoms with Crippen LogP contribution in [0.2, 0.25) is 5.02 Å². The van der Waals surface area contributed by atoms with E-state index in [9.17, 15) is 9.59 Å². The minimum Gasteiger partial charge on any atom is -0.325 e. The molecule has 1 amide bonds. The summed E-state index contributed by atoms with van der Waals surface area (Å²) < 4.78 is 1.55. The molecule has 0 radical (unpaired) electrons. The highest BCUT2D eigenvalue weighted by atomic mass is 35.5. The van der Waals surface area contributed by atoms with Gasteiger partial charge in [-0.1, -0.05) is 53.7 Å². The van der Waals surface area contributed by atoms with Crippen molar-refractivity contribution in [2.24, 2.45) is 0 Å². The highest BCUT2D eigenvalue weighted by molar-refractivity contribution is 7.99. The van der Waals surface area contributed by atoms with Crippen LogP contribution in [0.15, 0.2) is 64.5 Å². The van der Waals surface area contributed by atoms with Gasteiger partial charge >= 0.3 is 5.69 Å². The predicted molar refractivity (Wildman–Crippen MR) is 104 cm³/mol. The number of nitrogens with one attached hydrogen (secondary N) is 2. The lowest BCUT2D eigenvalue weighted by Gasteiger charge is -2.07. The highest BCUT2D eigenvalue weighted by Crippen LogP contribution is 2.16. The standard InChI is InChI=1S/C18H17ClN4O2S/c19-14-6-8-15(9-7-14)20-16(24)12-26-18-22-21-17(25)23(18)11-10-13-4-2-1-3-5-13/h1-9H,10-12H2,(H,20,24)(H,21,25). The first-order chi connectivity index (χ1) is 12.6. The van der Waals surface area contributed by atoms with Crippen molar-refractivity contribution in [3.63, 3.8) is 0 Å². The maximum atomic E-state index is 12.1. The van der Waals surface area contributed by atoms with E-state index in [1.807, 2.05) is 30.3 Å². The summed E-state index contributed by atoms with van der Waals surface area (Å²) in [4.78, 5) is 24.0. The molecular formula is C18H17ClN4O2S. The number of aromatic nitrogens is 3. The summed E-state index contributed by atoms with van der Waals surface area (Å²) in [5, 5.41) is 10.3. The van der Waals surface area contributed by atoms with E-state index in [2.05, 4.69) is 15.5 Å². The Kier molecular flexibility index (Phi) is 6.14. The molecule has 0 bridgehead atoms. The molecule has 0 aliphatic rings. The van der Waals surface area contributed by atoms with E-state index in [-0.39, 0.29) is 17.3 Å². The molecule has 0 fully saturated rings. The van der Waals surface area contributed by atoms with Gasteiger partial charge in [0.2, 0.25) is 5.91 Å². The summed E-state index contributed by atoms with van der Waals surface area (Å²) in [6.07, 6.45) is 0.713. The molecule has 3 rings (SSSR count). The smallest absolute Gasteiger partial charge is 0.325 e. The molecule has 3 aromatic rings. The van der Waals surface area contributed by atoms with Crippen LogP contribution in [0.1, 0.15) is 5.56 Å². The van der Waals surface area contributed by atoms with E-state index in [1.54, 1.807) is 28.8 Å². The molecule has 0 aliphatic heterocycles. The number of aryl methyl sites for hydroxylation is 1. The maximum Gasteiger partial charge on any atom is 0.343 e. The molecule has 134 valence electrons. The number of carbonyl (C=O) groups excluding carboxylic acids is 1. The average Bonchev–Trinajstić information content (AvgIpc) is 3.01. The normalized spacial score (nSPS) is 10.7. The van der Waals surface area contributed by atoms with Crippen molar-refractivity contribution in [2.45, 2.75) is 18.1 Å². The van der Waals surface area contributed by atoms with Crippen molar-refractivity contribution in [3.05, 3.63) is 75.7 Å². The zero-order valence-electron chi connectivity index (χ0n) is 13.8. The van der Waals surface area contributed by atoms with Crippen LogP contribution >= 0.6 is 23.4 Å². The summed E-state index contributed by atoms with van der Waals surface area (Å²) in [6, 6.07) is 16.8. The van der Waals surface area contributed by atoms with Gasteiger partial charge in [-0.15, -0.1) is 5.10 Å². The number of thioether (sulfide) groups is 1. The van der Waals surface area contributed by atoms with E-state index in [4.69, 9.17) is 11.6 Å². The van der Waals surface area contributed by atoms with E-state index in [0.717, 1.165) is 5.56 Å². The van der Waals surface area contributed by atoms with Gasteiger partial charge in [0.15, 0.2) is 5.16 Å². The minimum absolute atomic E-state index is 0.151. The lowest BCUT2D eigenvalue weighted by molar-refractivity contribution is -0.113. The lowest BCUT2D eigenvalue weighted by Crippen LogP contribution is -2.20. The zero-order valence-corrected chi connectivity index (χ0v) is 15.4. The van der Waals surface area contributed by atoms with Crippen LogP contribution in [-0.4, -0.2) is 26.4 Å². The van der Waals surface area contributed by atoms with Crippen LogP contribution in [0.25, 0.3) is 0 Å². The molecule has 0 aliphatic carbocycles. The van der Waals surface area contributed by atoms with E-state index in [1.165, 1.54) is 11.8 Å². The Balaban J connectivity index is 1.57. The Morgan fingerprint density at radius 3 is 2.62 bits per heavy atom. The number of rotatable bonds is 7. The third-order valence-electron chi connectivity index (χ3n) is 3.65. The number of benzene rings is 2. The van der Waals surface area contributed by atoms with Crippen molar-refractivity contribution in [1.82, 2.24) is 14.8 Å². The Morgan fingerprint density at radius 2 is 1.88 bits per heavy atom. The molecule has 2 N–H and O–H groups in total. The molecule has 0 saturated heterocycles. The second-order valence-corrected chi connectivity index (χ2v) is 6.92. The van der Waals surface area contributed by atoms with Gasteiger partial charge in [0.1, 0.15) is 0 Å². The third kappa shape index (κ3) is 5.00. The average molecular weight is 389 g/mol. The van der Waals surface area contributed by atoms with Gasteiger partial charge in [0, 0.05) is 17.3 Å². The first-order valence-corrected chi connectivity index (χ1v) is 9.35. The van der Waals surface area contributed by atoms with Gasteiger partial charge in [-0.2, -0.15) is 0 Å². The number of hydrogen-bond acceptors (Lipinski definition) is 4. The van der Waals surface area contributed by atoms with Crippen molar-refractivity contribution in [2.75, 3.05) is 11.1 Å². The molecule has 0 spiro atoms. The summed E-state index contributed by atoms with van der Waals surface area (Å²) >= 11 is 7.04. The molecule has 0 unspecified atom stereocenters. The molecule has 1 aromatic heterocycles. The minimum atomic E-state index is -0.276. The number of carbonyl (C=O) groups is 1. The van der Waals surface area contributed by atoms with Crippen LogP contribution in [-0.2, 0) is 17.8 Å². The first kappa shape index (κ1) is 18.3.